The summed E-state index contributed by atoms with van der Waals surface area (Å²) < 4.78 is 7.33. The first kappa shape index (κ1) is 13.1. The lowest BCUT2D eigenvalue weighted by Crippen LogP contribution is -2.22. The fraction of sp³-hybridized carbons (Fsp3) is 0.364. The summed E-state index contributed by atoms with van der Waals surface area (Å²) in [5.41, 5.74) is 7.77. The average molecular weight is 341 g/mol. The number of nitrogens with two attached hydrogens (primary N) is 1. The Bertz CT molecular complexity index is 691. The van der Waals surface area contributed by atoms with Crippen LogP contribution in [0.15, 0.2) is 10.8 Å². The van der Waals surface area contributed by atoms with Crippen molar-refractivity contribution in [2.45, 2.75) is 26.4 Å². The number of anilines is 1. The van der Waals surface area contributed by atoms with Crippen LogP contribution in [-0.2, 0) is 6.54 Å². The summed E-state index contributed by atoms with van der Waals surface area (Å²) in [4.78, 5) is 4.55. The second-order valence-electron chi connectivity index (χ2n) is 4.44. The average Bonchev–Trinajstić information content (AvgIpc) is 2.99. The maximum Gasteiger partial charge on any atom is 0.199 e. The van der Waals surface area contributed by atoms with E-state index in [9.17, 15) is 5.21 Å². The minimum absolute atomic E-state index is 0.190. The monoisotopic (exact) mass is 340 g/mol. The summed E-state index contributed by atoms with van der Waals surface area (Å²) in [6.07, 6.45) is 1.61. The number of fused-ring (bicyclic) bond motifs is 1. The topological polar surface area (TPSA) is 106 Å². The molecule has 3 N–H and O–H groups in total. The smallest absolute Gasteiger partial charge is 0.199 e. The number of nitrogens with zero attached hydrogens (tertiary/aromatic N) is 5. The first-order chi connectivity index (χ1) is 9.54. The molecule has 106 valence electrons. The Morgan fingerprint density at radius 1 is 1.50 bits per heavy atom. The molecule has 1 atom stereocenters. The Labute approximate surface area is 122 Å². The van der Waals surface area contributed by atoms with E-state index in [0.29, 0.717) is 18.1 Å². The number of halogens is 1. The molecule has 0 aliphatic carbocycles. The van der Waals surface area contributed by atoms with Crippen LogP contribution in [0.4, 0.5) is 5.82 Å². The van der Waals surface area contributed by atoms with Crippen molar-refractivity contribution in [3.63, 3.8) is 0 Å². The standard InChI is InChI=1S/C11H13BrN6O2/c1-3-17-9-6(12)4-18(19)5(2)7(9)14-11(17)8-10(13)16-20-15-8/h4-5,19H,3H2,1-2H3,(H2,13,16). The van der Waals surface area contributed by atoms with Crippen LogP contribution >= 0.6 is 15.9 Å². The molecule has 2 aromatic rings. The first-order valence-corrected chi connectivity index (χ1v) is 6.87. The zero-order valence-corrected chi connectivity index (χ0v) is 12.5. The van der Waals surface area contributed by atoms with Gasteiger partial charge in [-0.2, -0.15) is 0 Å². The molecule has 8 nitrogen and oxygen atoms in total. The molecule has 20 heavy (non-hydrogen) atoms. The number of rotatable bonds is 2. The Morgan fingerprint density at radius 2 is 2.25 bits per heavy atom. The van der Waals surface area contributed by atoms with E-state index in [-0.39, 0.29) is 11.9 Å². The van der Waals surface area contributed by atoms with Crippen molar-refractivity contribution in [2.75, 3.05) is 5.73 Å². The van der Waals surface area contributed by atoms with Gasteiger partial charge in [-0.15, -0.1) is 0 Å². The Hall–Kier alpha value is -1.87. The van der Waals surface area contributed by atoms with Gasteiger partial charge in [0, 0.05) is 12.7 Å². The van der Waals surface area contributed by atoms with E-state index in [1.165, 1.54) is 0 Å². The first-order valence-electron chi connectivity index (χ1n) is 6.08. The van der Waals surface area contributed by atoms with Crippen molar-refractivity contribution >= 4 is 26.2 Å². The van der Waals surface area contributed by atoms with E-state index >= 15 is 0 Å². The van der Waals surface area contributed by atoms with Crippen LogP contribution in [-0.4, -0.2) is 30.1 Å². The second-order valence-corrected chi connectivity index (χ2v) is 5.30. The lowest BCUT2D eigenvalue weighted by Gasteiger charge is -2.25. The fourth-order valence-corrected chi connectivity index (χ4v) is 2.89. The van der Waals surface area contributed by atoms with Crippen molar-refractivity contribution in [2.24, 2.45) is 0 Å². The molecule has 1 aliphatic heterocycles. The number of hydrogen-bond donors (Lipinski definition) is 2. The fourth-order valence-electron chi connectivity index (χ4n) is 2.27. The largest absolute Gasteiger partial charge is 0.379 e. The van der Waals surface area contributed by atoms with E-state index in [1.54, 1.807) is 6.20 Å². The summed E-state index contributed by atoms with van der Waals surface area (Å²) in [7, 11) is 0. The summed E-state index contributed by atoms with van der Waals surface area (Å²) >= 11 is 3.45. The lowest BCUT2D eigenvalue weighted by atomic mass is 10.1. The van der Waals surface area contributed by atoms with Crippen LogP contribution in [0.1, 0.15) is 31.3 Å². The van der Waals surface area contributed by atoms with Gasteiger partial charge in [0.05, 0.1) is 21.9 Å². The van der Waals surface area contributed by atoms with E-state index < -0.39 is 0 Å². The number of imidazole rings is 1. The predicted octanol–water partition coefficient (Wildman–Crippen LogP) is 1.99. The molecule has 9 heteroatoms. The van der Waals surface area contributed by atoms with Gasteiger partial charge >= 0.3 is 0 Å². The minimum atomic E-state index is -0.265. The van der Waals surface area contributed by atoms with Crippen molar-refractivity contribution < 1.29 is 9.84 Å². The SMILES string of the molecule is CCn1c(-c2nonc2N)nc2c1C(Br)=CN(O)C2C. The maximum absolute atomic E-state index is 9.86. The molecule has 0 fully saturated rings. The van der Waals surface area contributed by atoms with Gasteiger partial charge in [0.1, 0.15) is 0 Å². The van der Waals surface area contributed by atoms with Gasteiger partial charge in [-0.25, -0.2) is 9.61 Å². The number of hydrogen-bond acceptors (Lipinski definition) is 7. The molecule has 3 heterocycles. The highest BCUT2D eigenvalue weighted by Crippen LogP contribution is 2.39. The summed E-state index contributed by atoms with van der Waals surface area (Å²) in [6.45, 7) is 4.52. The number of hydroxylamine groups is 2. The highest BCUT2D eigenvalue weighted by molar-refractivity contribution is 9.15. The van der Waals surface area contributed by atoms with Crippen molar-refractivity contribution in [3.05, 3.63) is 17.6 Å². The highest BCUT2D eigenvalue weighted by atomic mass is 79.9. The van der Waals surface area contributed by atoms with Gasteiger partial charge in [-0.3, -0.25) is 10.3 Å². The molecule has 0 spiro atoms. The predicted molar refractivity (Wildman–Crippen MR) is 74.5 cm³/mol. The minimum Gasteiger partial charge on any atom is -0.379 e. The molecule has 3 rings (SSSR count). The van der Waals surface area contributed by atoms with Crippen LogP contribution in [0, 0.1) is 0 Å². The van der Waals surface area contributed by atoms with Crippen molar-refractivity contribution in [1.82, 2.24) is 24.9 Å². The highest BCUT2D eigenvalue weighted by Gasteiger charge is 2.31. The Kier molecular flexibility index (Phi) is 3.02. The molecule has 0 saturated heterocycles. The molecule has 0 saturated carbocycles. The third-order valence-corrected chi connectivity index (χ3v) is 3.88. The van der Waals surface area contributed by atoms with Crippen molar-refractivity contribution in [3.8, 4) is 11.5 Å². The molecule has 0 bridgehead atoms. The van der Waals surface area contributed by atoms with Crippen LogP contribution in [0.5, 0.6) is 0 Å². The maximum atomic E-state index is 9.86. The van der Waals surface area contributed by atoms with Crippen LogP contribution < -0.4 is 5.73 Å². The molecule has 0 radical (unpaired) electrons. The number of aromatic nitrogens is 4. The molecule has 1 unspecified atom stereocenters. The zero-order valence-electron chi connectivity index (χ0n) is 10.9. The van der Waals surface area contributed by atoms with Gasteiger partial charge < -0.3 is 10.3 Å². The third kappa shape index (κ3) is 1.74. The summed E-state index contributed by atoms with van der Waals surface area (Å²) in [6, 6.07) is -0.265. The van der Waals surface area contributed by atoms with Crippen molar-refractivity contribution in [1.29, 1.82) is 0 Å². The van der Waals surface area contributed by atoms with Gasteiger partial charge in [0.15, 0.2) is 17.3 Å². The third-order valence-electron chi connectivity index (χ3n) is 3.30. The zero-order chi connectivity index (χ0) is 14.4. The van der Waals surface area contributed by atoms with Gasteiger partial charge in [0.25, 0.3) is 0 Å². The van der Waals surface area contributed by atoms with E-state index in [4.69, 9.17) is 5.73 Å². The van der Waals surface area contributed by atoms with E-state index in [0.717, 1.165) is 20.9 Å². The molecular weight excluding hydrogens is 328 g/mol. The van der Waals surface area contributed by atoms with Gasteiger partial charge in [-0.1, -0.05) is 0 Å². The summed E-state index contributed by atoms with van der Waals surface area (Å²) in [5, 5.41) is 18.3. The molecule has 1 aliphatic rings. The van der Waals surface area contributed by atoms with E-state index in [1.807, 2.05) is 18.4 Å². The molecule has 2 aromatic heterocycles. The van der Waals surface area contributed by atoms with Gasteiger partial charge in [-0.05, 0) is 40.1 Å². The quantitative estimate of drug-likeness (QED) is 0.860. The lowest BCUT2D eigenvalue weighted by molar-refractivity contribution is -0.0768. The number of nitrogen functional groups attached to an aromatic ring is 1. The van der Waals surface area contributed by atoms with Crippen LogP contribution in [0.3, 0.4) is 0 Å². The van der Waals surface area contributed by atoms with Crippen LogP contribution in [0.2, 0.25) is 0 Å². The molecule has 0 aromatic carbocycles. The molecule has 0 amide bonds. The molecular formula is C11H13BrN6O2. The normalized spacial score (nSPS) is 18.1. The van der Waals surface area contributed by atoms with E-state index in [2.05, 4.69) is 35.9 Å². The van der Waals surface area contributed by atoms with Crippen LogP contribution in [0.25, 0.3) is 16.0 Å². The van der Waals surface area contributed by atoms with Gasteiger partial charge in [0.2, 0.25) is 0 Å². The second kappa shape index (κ2) is 4.60. The summed E-state index contributed by atoms with van der Waals surface area (Å²) in [5.74, 6) is 0.763. The Balaban J connectivity index is 2.26. The Morgan fingerprint density at radius 3 is 2.85 bits per heavy atom.